The van der Waals surface area contributed by atoms with E-state index in [4.69, 9.17) is 51.1 Å². The first-order valence-electron chi connectivity index (χ1n) is 11.9. The Morgan fingerprint density at radius 2 is 1.38 bits per heavy atom. The molecule has 0 aliphatic carbocycles. The summed E-state index contributed by atoms with van der Waals surface area (Å²) >= 11 is 25.2. The van der Waals surface area contributed by atoms with Crippen molar-refractivity contribution < 1.29 is 71.0 Å². The Balaban J connectivity index is 1.69. The van der Waals surface area contributed by atoms with Crippen LogP contribution in [0.1, 0.15) is 32.1 Å². The molecule has 0 fully saturated rings. The number of halogens is 10. The van der Waals surface area contributed by atoms with Crippen LogP contribution in [0.15, 0.2) is 36.4 Å². The number of aromatic nitrogens is 2. The minimum Gasteiger partial charge on any atom is -0.507 e. The fraction of sp³-hybridized carbons (Fsp3) is 0.0833. The van der Waals surface area contributed by atoms with Gasteiger partial charge in [0.15, 0.2) is 0 Å². The van der Waals surface area contributed by atoms with Gasteiger partial charge in [0.25, 0.3) is 0 Å². The molecule has 0 amide bonds. The highest BCUT2D eigenvalue weighted by molar-refractivity contribution is 7.88. The molecule has 24 heteroatoms. The molecule has 0 unspecified atom stereocenters. The van der Waals surface area contributed by atoms with E-state index in [0.29, 0.717) is 34.9 Å². The zero-order valence-electron chi connectivity index (χ0n) is 22.1. The monoisotopic (exact) mass is 802 g/mol. The number of benzene rings is 2. The van der Waals surface area contributed by atoms with E-state index in [9.17, 15) is 57.9 Å². The van der Waals surface area contributed by atoms with Gasteiger partial charge in [-0.2, -0.15) is 43.2 Å². The molecule has 12 nitrogen and oxygen atoms in total. The molecule has 3 heterocycles. The molecule has 0 saturated carbocycles. The van der Waals surface area contributed by atoms with Gasteiger partial charge in [-0.25, -0.2) is 0 Å². The van der Waals surface area contributed by atoms with Crippen molar-refractivity contribution in [1.29, 1.82) is 0 Å². The summed E-state index contributed by atoms with van der Waals surface area (Å²) in [7, 11) is -12.4. The number of hydrogen-bond acceptors (Lipinski definition) is 10. The number of aromatic amines is 1. The predicted molar refractivity (Wildman–Crippen MR) is 153 cm³/mol. The fourth-order valence-electron chi connectivity index (χ4n) is 4.11. The quantitative estimate of drug-likeness (QED) is 0.0778. The van der Waals surface area contributed by atoms with Gasteiger partial charge < -0.3 is 23.2 Å². The molecule has 0 bridgehead atoms. The molecule has 256 valence electrons. The van der Waals surface area contributed by atoms with Crippen LogP contribution < -0.4 is 13.1 Å². The van der Waals surface area contributed by atoms with Gasteiger partial charge in [0, 0.05) is 12.1 Å². The lowest BCUT2D eigenvalue weighted by atomic mass is 10.0. The van der Waals surface area contributed by atoms with Crippen LogP contribution in [0.25, 0.3) is 5.69 Å². The molecule has 2 aromatic heterocycles. The number of phenols is 1. The summed E-state index contributed by atoms with van der Waals surface area (Å²) in [6, 6.07) is 3.64. The Morgan fingerprint density at radius 1 is 0.833 bits per heavy atom. The van der Waals surface area contributed by atoms with E-state index in [1.165, 1.54) is 0 Å². The number of nitrogens with zero attached hydrogens (tertiary/aromatic N) is 1. The number of carbonyl (C=O) groups excluding carboxylic acids is 2. The van der Waals surface area contributed by atoms with E-state index < -0.39 is 120 Å². The highest BCUT2D eigenvalue weighted by Gasteiger charge is 2.49. The number of ketones is 2. The zero-order chi connectivity index (χ0) is 35.9. The van der Waals surface area contributed by atoms with Gasteiger partial charge in [0.2, 0.25) is 17.4 Å². The molecule has 1 aliphatic heterocycles. The summed E-state index contributed by atoms with van der Waals surface area (Å²) in [5.74, 6) is -6.90. The molecule has 4 aromatic rings. The average Bonchev–Trinajstić information content (AvgIpc) is 3.37. The van der Waals surface area contributed by atoms with Crippen molar-refractivity contribution in [1.82, 2.24) is 9.55 Å². The second kappa shape index (κ2) is 11.7. The number of nitrogens with one attached hydrogen (secondary N) is 1. The van der Waals surface area contributed by atoms with E-state index in [1.807, 2.05) is 0 Å². The first-order valence-corrected chi connectivity index (χ1v) is 16.2. The maximum absolute atomic E-state index is 13.8. The highest BCUT2D eigenvalue weighted by atomic mass is 35.5. The molecule has 48 heavy (non-hydrogen) atoms. The van der Waals surface area contributed by atoms with Crippen LogP contribution in [-0.2, 0) is 20.2 Å². The molecule has 5 rings (SSSR count). The summed E-state index contributed by atoms with van der Waals surface area (Å²) in [5, 5.41) is 8.31. The molecule has 1 aliphatic rings. The van der Waals surface area contributed by atoms with Crippen LogP contribution >= 0.6 is 46.4 Å². The molecule has 0 radical (unpaired) electrons. The van der Waals surface area contributed by atoms with Gasteiger partial charge in [-0.3, -0.25) is 14.2 Å². The van der Waals surface area contributed by atoms with E-state index in [-0.39, 0.29) is 0 Å². The SMILES string of the molecule is O=C1c2ccc(OS(=O)(=O)C(F)(F)F)cc2Oc2c(Cl)c(Cl)c(C(=O)c3ccc(OS(=O)(=O)C(F)(F)F)cc3O)n2-c2c1[nH]c(Cl)c2Cl. The number of phenolic OH excluding ortho intramolecular Hbond substituents is 1. The Labute approximate surface area is 282 Å². The molecule has 0 saturated heterocycles. The molecular formula is C24H8Cl4F6N2O10S2. The lowest BCUT2D eigenvalue weighted by Gasteiger charge is -2.20. The average molecular weight is 804 g/mol. The second-order valence-electron chi connectivity index (χ2n) is 9.16. The van der Waals surface area contributed by atoms with Gasteiger partial charge in [0.1, 0.15) is 49.6 Å². The number of carbonyl (C=O) groups is 2. The molecule has 2 aromatic carbocycles. The number of H-pyrrole nitrogens is 1. The Morgan fingerprint density at radius 3 is 1.92 bits per heavy atom. The van der Waals surface area contributed by atoms with Crippen molar-refractivity contribution in [2.24, 2.45) is 0 Å². The normalized spacial score (nSPS) is 13.5. The highest BCUT2D eigenvalue weighted by Crippen LogP contribution is 2.49. The van der Waals surface area contributed by atoms with Crippen LogP contribution in [-0.4, -0.2) is 54.1 Å². The Hall–Kier alpha value is -3.82. The van der Waals surface area contributed by atoms with Crippen molar-refractivity contribution in [3.8, 4) is 34.6 Å². The van der Waals surface area contributed by atoms with Gasteiger partial charge in [-0.05, 0) is 24.3 Å². The summed E-state index contributed by atoms with van der Waals surface area (Å²) in [4.78, 5) is 29.9. The third-order valence-electron chi connectivity index (χ3n) is 6.15. The first kappa shape index (κ1) is 35.5. The molecule has 2 N–H and O–H groups in total. The van der Waals surface area contributed by atoms with Gasteiger partial charge in [-0.15, -0.1) is 0 Å². The van der Waals surface area contributed by atoms with Crippen molar-refractivity contribution in [3.63, 3.8) is 0 Å². The topological polar surface area (TPSA) is 171 Å². The van der Waals surface area contributed by atoms with E-state index in [1.54, 1.807) is 0 Å². The third kappa shape index (κ3) is 5.89. The lowest BCUT2D eigenvalue weighted by molar-refractivity contribution is -0.0504. The van der Waals surface area contributed by atoms with Crippen LogP contribution in [0.3, 0.4) is 0 Å². The molecule has 0 spiro atoms. The summed E-state index contributed by atoms with van der Waals surface area (Å²) in [6.45, 7) is 0. The second-order valence-corrected chi connectivity index (χ2v) is 13.7. The molecular weight excluding hydrogens is 796 g/mol. The summed E-state index contributed by atoms with van der Waals surface area (Å²) < 4.78 is 137. The fourth-order valence-corrected chi connectivity index (χ4v) is 5.89. The Kier molecular flexibility index (Phi) is 8.62. The van der Waals surface area contributed by atoms with Gasteiger partial charge in [0.05, 0.1) is 21.8 Å². The predicted octanol–water partition coefficient (Wildman–Crippen LogP) is 7.15. The van der Waals surface area contributed by atoms with Crippen LogP contribution in [0.4, 0.5) is 26.3 Å². The number of rotatable bonds is 6. The number of ether oxygens (including phenoxy) is 1. The smallest absolute Gasteiger partial charge is 0.507 e. The number of hydrogen-bond donors (Lipinski definition) is 2. The van der Waals surface area contributed by atoms with E-state index in [2.05, 4.69) is 13.4 Å². The van der Waals surface area contributed by atoms with Crippen molar-refractivity contribution >= 4 is 78.2 Å². The van der Waals surface area contributed by atoms with E-state index >= 15 is 0 Å². The van der Waals surface area contributed by atoms with Gasteiger partial charge in [-0.1, -0.05) is 46.4 Å². The standard InChI is InChI=1S/C24H8Cl4F6N2O10S2/c25-13-14(26)22-36(18(13)20(39)9-3-1-7(5-11(9)37)45-47(40,41)23(29,30)31)17-15(27)21(28)35-16(17)19(38)10-4-2-8(6-12(10)44-22)46-48(42,43)24(32,33)34/h1-6,35,37H. The maximum Gasteiger partial charge on any atom is 0.534 e. The summed E-state index contributed by atoms with van der Waals surface area (Å²) in [5.41, 5.74) is -14.6. The number of alkyl halides is 6. The number of aromatic hydroxyl groups is 1. The van der Waals surface area contributed by atoms with Crippen LogP contribution in [0.5, 0.6) is 28.9 Å². The minimum absolute atomic E-state index is 0.349. The van der Waals surface area contributed by atoms with Crippen molar-refractivity contribution in [2.75, 3.05) is 0 Å². The maximum atomic E-state index is 13.8. The van der Waals surface area contributed by atoms with Crippen LogP contribution in [0, 0.1) is 0 Å². The lowest BCUT2D eigenvalue weighted by Crippen LogP contribution is -2.28. The van der Waals surface area contributed by atoms with E-state index in [0.717, 1.165) is 6.07 Å². The van der Waals surface area contributed by atoms with Crippen molar-refractivity contribution in [2.45, 2.75) is 11.0 Å². The third-order valence-corrected chi connectivity index (χ3v) is 9.67. The van der Waals surface area contributed by atoms with Crippen molar-refractivity contribution in [3.05, 3.63) is 79.1 Å². The largest absolute Gasteiger partial charge is 0.534 e. The summed E-state index contributed by atoms with van der Waals surface area (Å²) in [6.07, 6.45) is 0. The minimum atomic E-state index is -6.20. The van der Waals surface area contributed by atoms with Crippen LogP contribution in [0.2, 0.25) is 20.2 Å². The zero-order valence-corrected chi connectivity index (χ0v) is 26.8. The molecule has 0 atom stereocenters. The first-order chi connectivity index (χ1) is 22.0. The number of fused-ring (bicyclic) bond motifs is 4. The Bertz CT molecular complexity index is 2280. The van der Waals surface area contributed by atoms with Gasteiger partial charge >= 0.3 is 31.3 Å².